The van der Waals surface area contributed by atoms with Gasteiger partial charge in [-0.25, -0.2) is 0 Å². The Labute approximate surface area is 110 Å². The molecule has 0 bridgehead atoms. The topological polar surface area (TPSA) is 0 Å². The smallest absolute Gasteiger partial charge is 0.0327 e. The van der Waals surface area contributed by atoms with Crippen molar-refractivity contribution < 1.29 is 0 Å². The summed E-state index contributed by atoms with van der Waals surface area (Å²) in [5, 5.41) is 0. The number of hydrogen-bond acceptors (Lipinski definition) is 0. The lowest BCUT2D eigenvalue weighted by Gasteiger charge is -2.11. The standard InChI is InChI=1S/C17H34/c1-5-17(6-2)15-13-11-9-7-8-10-12-14-16(3)4/h10,12,16-17H,5-9,11,13-15H2,1-4H3. The molecule has 0 rings (SSSR count). The zero-order valence-corrected chi connectivity index (χ0v) is 12.7. The minimum Gasteiger partial charge on any atom is -0.0885 e. The van der Waals surface area contributed by atoms with Crippen LogP contribution in [0.4, 0.5) is 0 Å². The molecule has 0 heterocycles. The summed E-state index contributed by atoms with van der Waals surface area (Å²) in [5.41, 5.74) is 0. The van der Waals surface area contributed by atoms with Crippen LogP contribution in [0.5, 0.6) is 0 Å². The predicted molar refractivity (Wildman–Crippen MR) is 80.4 cm³/mol. The quantitative estimate of drug-likeness (QED) is 0.290. The molecule has 0 spiro atoms. The number of allylic oxidation sites excluding steroid dienone is 2. The van der Waals surface area contributed by atoms with Crippen molar-refractivity contribution in [3.8, 4) is 0 Å². The zero-order valence-electron chi connectivity index (χ0n) is 12.7. The molecular formula is C17H34. The van der Waals surface area contributed by atoms with Gasteiger partial charge < -0.3 is 0 Å². The fourth-order valence-corrected chi connectivity index (χ4v) is 2.23. The highest BCUT2D eigenvalue weighted by Gasteiger charge is 2.01. The summed E-state index contributed by atoms with van der Waals surface area (Å²) >= 11 is 0. The second kappa shape index (κ2) is 12.2. The fraction of sp³-hybridized carbons (Fsp3) is 0.882. The molecule has 102 valence electrons. The highest BCUT2D eigenvalue weighted by Crippen LogP contribution is 2.17. The van der Waals surface area contributed by atoms with Gasteiger partial charge in [0.1, 0.15) is 0 Å². The van der Waals surface area contributed by atoms with Gasteiger partial charge in [-0.2, -0.15) is 0 Å². The van der Waals surface area contributed by atoms with Crippen molar-refractivity contribution in [1.82, 2.24) is 0 Å². The van der Waals surface area contributed by atoms with Crippen LogP contribution in [0.15, 0.2) is 12.2 Å². The molecule has 0 atom stereocenters. The van der Waals surface area contributed by atoms with E-state index in [1.807, 2.05) is 0 Å². The van der Waals surface area contributed by atoms with Crippen LogP contribution >= 0.6 is 0 Å². The van der Waals surface area contributed by atoms with E-state index in [1.54, 1.807) is 0 Å². The van der Waals surface area contributed by atoms with Crippen molar-refractivity contribution in [3.05, 3.63) is 12.2 Å². The molecule has 0 unspecified atom stereocenters. The first-order valence-corrected chi connectivity index (χ1v) is 7.85. The summed E-state index contributed by atoms with van der Waals surface area (Å²) in [4.78, 5) is 0. The van der Waals surface area contributed by atoms with Gasteiger partial charge in [-0.1, -0.05) is 78.4 Å². The van der Waals surface area contributed by atoms with Gasteiger partial charge in [0.25, 0.3) is 0 Å². The van der Waals surface area contributed by atoms with E-state index in [0.29, 0.717) is 0 Å². The van der Waals surface area contributed by atoms with Crippen LogP contribution in [0.2, 0.25) is 0 Å². The van der Waals surface area contributed by atoms with Crippen LogP contribution in [0, 0.1) is 11.8 Å². The van der Waals surface area contributed by atoms with E-state index in [4.69, 9.17) is 0 Å². The van der Waals surface area contributed by atoms with Gasteiger partial charge >= 0.3 is 0 Å². The van der Waals surface area contributed by atoms with Crippen LogP contribution in [-0.4, -0.2) is 0 Å². The summed E-state index contributed by atoms with van der Waals surface area (Å²) in [6.45, 7) is 9.21. The first kappa shape index (κ1) is 16.7. The Bertz CT molecular complexity index is 163. The Kier molecular flexibility index (Phi) is 12.0. The van der Waals surface area contributed by atoms with E-state index in [9.17, 15) is 0 Å². The number of unbranched alkanes of at least 4 members (excludes halogenated alkanes) is 4. The highest BCUT2D eigenvalue weighted by atomic mass is 14.1. The van der Waals surface area contributed by atoms with E-state index < -0.39 is 0 Å². The van der Waals surface area contributed by atoms with Crippen molar-refractivity contribution in [1.29, 1.82) is 0 Å². The summed E-state index contributed by atoms with van der Waals surface area (Å²) in [5.74, 6) is 1.80. The normalized spacial score (nSPS) is 12.1. The maximum Gasteiger partial charge on any atom is -0.0327 e. The molecule has 0 aromatic carbocycles. The summed E-state index contributed by atoms with van der Waals surface area (Å²) < 4.78 is 0. The zero-order chi connectivity index (χ0) is 12.9. The Morgan fingerprint density at radius 3 is 2.06 bits per heavy atom. The Morgan fingerprint density at radius 1 is 0.824 bits per heavy atom. The average Bonchev–Trinajstić information content (AvgIpc) is 2.31. The second-order valence-electron chi connectivity index (χ2n) is 5.78. The van der Waals surface area contributed by atoms with Crippen LogP contribution in [0.25, 0.3) is 0 Å². The first-order valence-electron chi connectivity index (χ1n) is 7.85. The van der Waals surface area contributed by atoms with Gasteiger partial charge in [0.2, 0.25) is 0 Å². The van der Waals surface area contributed by atoms with Crippen molar-refractivity contribution in [2.45, 2.75) is 85.5 Å². The molecule has 0 heteroatoms. The van der Waals surface area contributed by atoms with E-state index in [0.717, 1.165) is 11.8 Å². The third-order valence-electron chi connectivity index (χ3n) is 3.66. The molecule has 17 heavy (non-hydrogen) atoms. The van der Waals surface area contributed by atoms with Crippen LogP contribution in [0.3, 0.4) is 0 Å². The first-order chi connectivity index (χ1) is 8.20. The van der Waals surface area contributed by atoms with Crippen LogP contribution in [0.1, 0.15) is 85.5 Å². The van der Waals surface area contributed by atoms with Gasteiger partial charge in [-0.05, 0) is 31.1 Å². The average molecular weight is 238 g/mol. The van der Waals surface area contributed by atoms with Gasteiger partial charge in [-0.3, -0.25) is 0 Å². The van der Waals surface area contributed by atoms with Gasteiger partial charge in [-0.15, -0.1) is 0 Å². The minimum atomic E-state index is 0.811. The van der Waals surface area contributed by atoms with Gasteiger partial charge in [0.05, 0.1) is 0 Å². The van der Waals surface area contributed by atoms with Crippen molar-refractivity contribution in [3.63, 3.8) is 0 Å². The molecule has 0 radical (unpaired) electrons. The Morgan fingerprint density at radius 2 is 1.47 bits per heavy atom. The minimum absolute atomic E-state index is 0.811. The third-order valence-corrected chi connectivity index (χ3v) is 3.66. The van der Waals surface area contributed by atoms with E-state index in [-0.39, 0.29) is 0 Å². The summed E-state index contributed by atoms with van der Waals surface area (Å²) in [7, 11) is 0. The lowest BCUT2D eigenvalue weighted by molar-refractivity contribution is 0.428. The maximum atomic E-state index is 2.38. The van der Waals surface area contributed by atoms with Crippen molar-refractivity contribution in [2.24, 2.45) is 11.8 Å². The summed E-state index contributed by atoms with van der Waals surface area (Å²) in [6.07, 6.45) is 17.2. The molecule has 0 aliphatic rings. The highest BCUT2D eigenvalue weighted by molar-refractivity contribution is 4.82. The van der Waals surface area contributed by atoms with E-state index in [2.05, 4.69) is 39.8 Å². The van der Waals surface area contributed by atoms with Crippen LogP contribution in [-0.2, 0) is 0 Å². The molecule has 0 saturated heterocycles. The number of rotatable bonds is 11. The monoisotopic (exact) mass is 238 g/mol. The van der Waals surface area contributed by atoms with Crippen molar-refractivity contribution >= 4 is 0 Å². The summed E-state index contributed by atoms with van der Waals surface area (Å²) in [6, 6.07) is 0. The molecular weight excluding hydrogens is 204 g/mol. The largest absolute Gasteiger partial charge is 0.0885 e. The Hall–Kier alpha value is -0.260. The molecule has 0 aromatic rings. The molecule has 0 aromatic heterocycles. The Balaban J connectivity index is 3.21. The molecule has 0 saturated carbocycles. The molecule has 0 nitrogen and oxygen atoms in total. The molecule has 0 aliphatic heterocycles. The van der Waals surface area contributed by atoms with Gasteiger partial charge in [0.15, 0.2) is 0 Å². The predicted octanol–water partition coefficient (Wildman–Crippen LogP) is 6.37. The van der Waals surface area contributed by atoms with Crippen molar-refractivity contribution in [2.75, 3.05) is 0 Å². The lowest BCUT2D eigenvalue weighted by Crippen LogP contribution is -1.96. The SMILES string of the molecule is CCC(CC)CCCCCCC=CCC(C)C. The van der Waals surface area contributed by atoms with Crippen LogP contribution < -0.4 is 0 Å². The number of hydrogen-bond donors (Lipinski definition) is 0. The fourth-order valence-electron chi connectivity index (χ4n) is 2.23. The molecule has 0 aliphatic carbocycles. The van der Waals surface area contributed by atoms with E-state index >= 15 is 0 Å². The van der Waals surface area contributed by atoms with E-state index in [1.165, 1.54) is 57.8 Å². The maximum absolute atomic E-state index is 2.38. The third kappa shape index (κ3) is 12.0. The molecule has 0 amide bonds. The second-order valence-corrected chi connectivity index (χ2v) is 5.78. The van der Waals surface area contributed by atoms with Gasteiger partial charge in [0, 0.05) is 0 Å². The lowest BCUT2D eigenvalue weighted by atomic mass is 9.96. The molecule has 0 fully saturated rings. The molecule has 0 N–H and O–H groups in total.